The predicted octanol–water partition coefficient (Wildman–Crippen LogP) is 2.27. The fourth-order valence-corrected chi connectivity index (χ4v) is 1.60. The summed E-state index contributed by atoms with van der Waals surface area (Å²) in [7, 11) is 0. The van der Waals surface area contributed by atoms with E-state index in [0.29, 0.717) is 6.07 Å². The van der Waals surface area contributed by atoms with E-state index < -0.39 is 35.2 Å². The van der Waals surface area contributed by atoms with E-state index in [-0.39, 0.29) is 13.0 Å². The Morgan fingerprint density at radius 1 is 1.25 bits per heavy atom. The van der Waals surface area contributed by atoms with Gasteiger partial charge in [0.2, 0.25) is 0 Å². The zero-order valence-corrected chi connectivity index (χ0v) is 8.10. The topological polar surface area (TPSA) is 38.3 Å². The van der Waals surface area contributed by atoms with Crippen LogP contribution in [0.15, 0.2) is 12.1 Å². The van der Waals surface area contributed by atoms with Crippen LogP contribution in [0.5, 0.6) is 0 Å². The minimum atomic E-state index is -1.27. The second-order valence-corrected chi connectivity index (χ2v) is 3.38. The molecule has 86 valence electrons. The molecule has 0 saturated carbocycles. The Labute approximate surface area is 89.2 Å². The van der Waals surface area contributed by atoms with Crippen molar-refractivity contribution in [2.24, 2.45) is 0 Å². The number of nitrogens with one attached hydrogen (secondary N) is 1. The van der Waals surface area contributed by atoms with Gasteiger partial charge in [0.05, 0.1) is 12.6 Å². The highest BCUT2D eigenvalue weighted by atomic mass is 19.2. The SMILES string of the molecule is O=C1N[C@@H](c2c(F)ccc(F)c2F)CCO1. The molecule has 1 aromatic carbocycles. The van der Waals surface area contributed by atoms with E-state index >= 15 is 0 Å². The summed E-state index contributed by atoms with van der Waals surface area (Å²) in [6.07, 6.45) is -0.567. The molecule has 0 unspecified atom stereocenters. The zero-order chi connectivity index (χ0) is 11.7. The number of carbonyl (C=O) groups excluding carboxylic acids is 1. The van der Waals surface area contributed by atoms with E-state index in [1.165, 1.54) is 0 Å². The lowest BCUT2D eigenvalue weighted by atomic mass is 10.0. The molecule has 1 heterocycles. The van der Waals surface area contributed by atoms with Gasteiger partial charge in [0.1, 0.15) is 5.82 Å². The fourth-order valence-electron chi connectivity index (χ4n) is 1.60. The molecule has 0 aliphatic carbocycles. The molecule has 2 rings (SSSR count). The number of carbonyl (C=O) groups is 1. The van der Waals surface area contributed by atoms with Gasteiger partial charge in [-0.3, -0.25) is 0 Å². The Hall–Kier alpha value is -1.72. The second kappa shape index (κ2) is 4.03. The van der Waals surface area contributed by atoms with Crippen LogP contribution >= 0.6 is 0 Å². The summed E-state index contributed by atoms with van der Waals surface area (Å²) < 4.78 is 44.2. The first kappa shape index (κ1) is 10.8. The average Bonchev–Trinajstić information content (AvgIpc) is 2.24. The maximum absolute atomic E-state index is 13.4. The molecule has 1 aliphatic heterocycles. The molecule has 1 aliphatic rings. The average molecular weight is 231 g/mol. The third kappa shape index (κ3) is 1.82. The molecule has 1 saturated heterocycles. The van der Waals surface area contributed by atoms with Gasteiger partial charge in [0, 0.05) is 12.0 Å². The van der Waals surface area contributed by atoms with E-state index in [4.69, 9.17) is 0 Å². The fraction of sp³-hybridized carbons (Fsp3) is 0.300. The van der Waals surface area contributed by atoms with Crippen LogP contribution in [-0.4, -0.2) is 12.7 Å². The standard InChI is InChI=1S/C10H8F3NO2/c11-5-1-2-6(12)9(13)8(5)7-3-4-16-10(15)14-7/h1-2,7H,3-4H2,(H,14,15)/t7-/m1/s1. The normalized spacial score (nSPS) is 20.2. The lowest BCUT2D eigenvalue weighted by Crippen LogP contribution is -2.36. The van der Waals surface area contributed by atoms with Crippen molar-refractivity contribution in [2.45, 2.75) is 12.5 Å². The molecular weight excluding hydrogens is 223 g/mol. The molecule has 1 aromatic rings. The molecule has 16 heavy (non-hydrogen) atoms. The van der Waals surface area contributed by atoms with Crippen LogP contribution in [0.4, 0.5) is 18.0 Å². The summed E-state index contributed by atoms with van der Waals surface area (Å²) in [6.45, 7) is 0.0475. The van der Waals surface area contributed by atoms with Crippen LogP contribution < -0.4 is 5.32 Å². The Kier molecular flexibility index (Phi) is 2.72. The monoisotopic (exact) mass is 231 g/mol. The molecule has 3 nitrogen and oxygen atoms in total. The molecule has 1 atom stereocenters. The van der Waals surface area contributed by atoms with Crippen LogP contribution in [0.1, 0.15) is 18.0 Å². The van der Waals surface area contributed by atoms with Gasteiger partial charge < -0.3 is 10.1 Å². The molecule has 0 radical (unpaired) electrons. The number of halogens is 3. The molecule has 0 aromatic heterocycles. The summed E-state index contributed by atoms with van der Waals surface area (Å²) in [5.41, 5.74) is -0.461. The summed E-state index contributed by atoms with van der Waals surface area (Å²) >= 11 is 0. The number of alkyl carbamates (subject to hydrolysis) is 1. The first-order chi connectivity index (χ1) is 7.59. The minimum Gasteiger partial charge on any atom is -0.449 e. The minimum absolute atomic E-state index is 0.0475. The van der Waals surface area contributed by atoms with Crippen LogP contribution in [0.3, 0.4) is 0 Å². The molecular formula is C10H8F3NO2. The van der Waals surface area contributed by atoms with Crippen molar-refractivity contribution in [1.29, 1.82) is 0 Å². The predicted molar refractivity (Wildman–Crippen MR) is 48.2 cm³/mol. The quantitative estimate of drug-likeness (QED) is 0.753. The van der Waals surface area contributed by atoms with Crippen LogP contribution in [0, 0.1) is 17.5 Å². The largest absolute Gasteiger partial charge is 0.449 e. The molecule has 1 N–H and O–H groups in total. The third-order valence-corrected chi connectivity index (χ3v) is 2.36. The van der Waals surface area contributed by atoms with Crippen molar-refractivity contribution >= 4 is 6.09 Å². The molecule has 0 bridgehead atoms. The van der Waals surface area contributed by atoms with Gasteiger partial charge in [-0.1, -0.05) is 0 Å². The van der Waals surface area contributed by atoms with E-state index in [1.54, 1.807) is 0 Å². The number of ether oxygens (including phenoxy) is 1. The molecule has 6 heteroatoms. The summed E-state index contributed by atoms with van der Waals surface area (Å²) in [5, 5.41) is 2.23. The van der Waals surface area contributed by atoms with Crippen molar-refractivity contribution in [3.8, 4) is 0 Å². The van der Waals surface area contributed by atoms with E-state index in [9.17, 15) is 18.0 Å². The van der Waals surface area contributed by atoms with Crippen molar-refractivity contribution in [2.75, 3.05) is 6.61 Å². The smallest absolute Gasteiger partial charge is 0.407 e. The van der Waals surface area contributed by atoms with Crippen LogP contribution in [0.25, 0.3) is 0 Å². The molecule has 1 fully saturated rings. The zero-order valence-electron chi connectivity index (χ0n) is 8.10. The maximum atomic E-state index is 13.4. The Balaban J connectivity index is 2.39. The number of amides is 1. The van der Waals surface area contributed by atoms with Gasteiger partial charge in [0.25, 0.3) is 0 Å². The highest BCUT2D eigenvalue weighted by molar-refractivity contribution is 5.68. The van der Waals surface area contributed by atoms with Gasteiger partial charge in [-0.15, -0.1) is 0 Å². The lowest BCUT2D eigenvalue weighted by molar-refractivity contribution is 0.114. The molecule has 1 amide bonds. The Morgan fingerprint density at radius 3 is 2.62 bits per heavy atom. The van der Waals surface area contributed by atoms with Gasteiger partial charge in [0.15, 0.2) is 11.6 Å². The van der Waals surface area contributed by atoms with Crippen molar-refractivity contribution in [3.05, 3.63) is 35.1 Å². The number of hydrogen-bond acceptors (Lipinski definition) is 2. The van der Waals surface area contributed by atoms with E-state index in [1.807, 2.05) is 0 Å². The summed E-state index contributed by atoms with van der Waals surface area (Å²) in [5.74, 6) is -3.30. The number of hydrogen-bond donors (Lipinski definition) is 1. The van der Waals surface area contributed by atoms with Crippen LogP contribution in [-0.2, 0) is 4.74 Å². The highest BCUT2D eigenvalue weighted by Crippen LogP contribution is 2.26. The third-order valence-electron chi connectivity index (χ3n) is 2.36. The van der Waals surface area contributed by atoms with Gasteiger partial charge >= 0.3 is 6.09 Å². The number of benzene rings is 1. The van der Waals surface area contributed by atoms with E-state index in [2.05, 4.69) is 10.1 Å². The van der Waals surface area contributed by atoms with Crippen molar-refractivity contribution in [3.63, 3.8) is 0 Å². The second-order valence-electron chi connectivity index (χ2n) is 3.38. The van der Waals surface area contributed by atoms with Crippen LogP contribution in [0.2, 0.25) is 0 Å². The van der Waals surface area contributed by atoms with Gasteiger partial charge in [-0.05, 0) is 12.1 Å². The van der Waals surface area contributed by atoms with Crippen molar-refractivity contribution in [1.82, 2.24) is 5.32 Å². The summed E-state index contributed by atoms with van der Waals surface area (Å²) in [6, 6.07) is 0.641. The number of rotatable bonds is 1. The Bertz CT molecular complexity index is 436. The van der Waals surface area contributed by atoms with E-state index in [0.717, 1.165) is 6.07 Å². The van der Waals surface area contributed by atoms with Gasteiger partial charge in [-0.2, -0.15) is 0 Å². The van der Waals surface area contributed by atoms with Gasteiger partial charge in [-0.25, -0.2) is 18.0 Å². The lowest BCUT2D eigenvalue weighted by Gasteiger charge is -2.24. The first-order valence-corrected chi connectivity index (χ1v) is 4.66. The first-order valence-electron chi connectivity index (χ1n) is 4.66. The summed E-state index contributed by atoms with van der Waals surface area (Å²) in [4.78, 5) is 10.9. The number of cyclic esters (lactones) is 1. The van der Waals surface area contributed by atoms with Crippen molar-refractivity contribution < 1.29 is 22.7 Å². The highest BCUT2D eigenvalue weighted by Gasteiger charge is 2.27. The Morgan fingerprint density at radius 2 is 1.94 bits per heavy atom. The maximum Gasteiger partial charge on any atom is 0.407 e. The molecule has 0 spiro atoms.